The average Bonchev–Trinajstić information content (AvgIpc) is 2.72. The van der Waals surface area contributed by atoms with Crippen molar-refractivity contribution in [1.29, 1.82) is 5.26 Å². The van der Waals surface area contributed by atoms with Gasteiger partial charge in [-0.1, -0.05) is 0 Å². The summed E-state index contributed by atoms with van der Waals surface area (Å²) in [7, 11) is 0. The van der Waals surface area contributed by atoms with E-state index in [2.05, 4.69) is 5.32 Å². The number of nitrogens with zero attached hydrogens (tertiary/aromatic N) is 2. The van der Waals surface area contributed by atoms with Crippen LogP contribution in [0.5, 0.6) is 0 Å². The van der Waals surface area contributed by atoms with Gasteiger partial charge in [0, 0.05) is 43.3 Å². The molecular weight excluding hydrogens is 431 g/mol. The van der Waals surface area contributed by atoms with Crippen LogP contribution in [-0.4, -0.2) is 36.0 Å². The number of hydrogen-bond donors (Lipinski definition) is 2. The number of piperidine rings is 1. The molecule has 1 saturated heterocycles. The number of halogens is 5. The minimum Gasteiger partial charge on any atom is -0.382 e. The number of nitrogens with two attached hydrogens (primary N) is 1. The molecule has 2 aromatic rings. The molecule has 1 heterocycles. The highest BCUT2D eigenvalue weighted by Crippen LogP contribution is 2.22. The fourth-order valence-electron chi connectivity index (χ4n) is 3.70. The Labute approximate surface area is 181 Å². The van der Waals surface area contributed by atoms with Gasteiger partial charge in [0.1, 0.15) is 29.1 Å². The van der Waals surface area contributed by atoms with E-state index in [9.17, 15) is 26.7 Å². The third kappa shape index (κ3) is 5.53. The molecule has 170 valence electrons. The van der Waals surface area contributed by atoms with E-state index in [4.69, 9.17) is 11.0 Å². The van der Waals surface area contributed by atoms with Gasteiger partial charge < -0.3 is 16.0 Å². The molecule has 1 amide bonds. The first kappa shape index (κ1) is 23.5. The lowest BCUT2D eigenvalue weighted by atomic mass is 10.0. The summed E-state index contributed by atoms with van der Waals surface area (Å²) in [6.45, 7) is 0.758. The summed E-state index contributed by atoms with van der Waals surface area (Å²) in [5.74, 6) is -5.55. The first-order valence-electron chi connectivity index (χ1n) is 10.0. The number of nitriles is 1. The summed E-state index contributed by atoms with van der Waals surface area (Å²) >= 11 is 0. The van der Waals surface area contributed by atoms with Gasteiger partial charge in [-0.2, -0.15) is 5.26 Å². The van der Waals surface area contributed by atoms with Crippen LogP contribution >= 0.6 is 0 Å². The van der Waals surface area contributed by atoms with Crippen LogP contribution in [0, 0.1) is 40.4 Å². The molecule has 5 nitrogen and oxygen atoms in total. The number of carbonyl (C=O) groups is 1. The first-order chi connectivity index (χ1) is 15.2. The van der Waals surface area contributed by atoms with Crippen molar-refractivity contribution in [3.8, 4) is 6.07 Å². The number of carbonyl (C=O) groups excluding carboxylic acids is 1. The Hall–Kier alpha value is -3.19. The molecule has 1 atom stereocenters. The fraction of sp³-hybridized carbons (Fsp3) is 0.364. The molecule has 1 fully saturated rings. The summed E-state index contributed by atoms with van der Waals surface area (Å²) < 4.78 is 67.6. The summed E-state index contributed by atoms with van der Waals surface area (Å²) in [5.41, 5.74) is 5.38. The zero-order valence-corrected chi connectivity index (χ0v) is 17.0. The molecule has 0 radical (unpaired) electrons. The van der Waals surface area contributed by atoms with Crippen molar-refractivity contribution in [3.63, 3.8) is 0 Å². The molecule has 1 aliphatic heterocycles. The Balaban J connectivity index is 1.50. The molecule has 0 aromatic heterocycles. The predicted octanol–water partition coefficient (Wildman–Crippen LogP) is 3.62. The Bertz CT molecular complexity index is 1020. The van der Waals surface area contributed by atoms with Gasteiger partial charge in [0.25, 0.3) is 0 Å². The number of nitrogens with one attached hydrogen (secondary N) is 1. The summed E-state index contributed by atoms with van der Waals surface area (Å²) in [4.78, 5) is 14.1. The van der Waals surface area contributed by atoms with Crippen LogP contribution in [0.25, 0.3) is 0 Å². The van der Waals surface area contributed by atoms with Crippen molar-refractivity contribution in [2.45, 2.75) is 37.8 Å². The molecule has 0 saturated carbocycles. The van der Waals surface area contributed by atoms with Gasteiger partial charge in [0.2, 0.25) is 5.91 Å². The number of hydrogen-bond acceptors (Lipinski definition) is 4. The van der Waals surface area contributed by atoms with E-state index in [1.807, 2.05) is 0 Å². The van der Waals surface area contributed by atoms with Crippen molar-refractivity contribution >= 4 is 11.6 Å². The summed E-state index contributed by atoms with van der Waals surface area (Å²) in [6, 6.07) is 3.85. The Morgan fingerprint density at radius 2 is 1.62 bits per heavy atom. The summed E-state index contributed by atoms with van der Waals surface area (Å²) in [5, 5.41) is 11.7. The lowest BCUT2D eigenvalue weighted by Crippen LogP contribution is -2.44. The van der Waals surface area contributed by atoms with E-state index >= 15 is 0 Å². The molecule has 1 aliphatic rings. The highest BCUT2D eigenvalue weighted by molar-refractivity contribution is 5.77. The number of anilines is 1. The second kappa shape index (κ2) is 9.96. The minimum absolute atomic E-state index is 0.0947. The van der Waals surface area contributed by atoms with Crippen LogP contribution in [0.3, 0.4) is 0 Å². The first-order valence-corrected chi connectivity index (χ1v) is 10.0. The molecule has 0 spiro atoms. The van der Waals surface area contributed by atoms with E-state index in [0.29, 0.717) is 32.0 Å². The topological polar surface area (TPSA) is 82.2 Å². The summed E-state index contributed by atoms with van der Waals surface area (Å²) in [6.07, 6.45) is 0.815. The maximum Gasteiger partial charge on any atom is 0.224 e. The molecule has 3 N–H and O–H groups in total. The predicted molar refractivity (Wildman–Crippen MR) is 107 cm³/mol. The molecule has 0 aliphatic carbocycles. The molecular formula is C22H21F5N4O. The van der Waals surface area contributed by atoms with Gasteiger partial charge >= 0.3 is 0 Å². The Morgan fingerprint density at radius 3 is 2.22 bits per heavy atom. The number of amides is 1. The van der Waals surface area contributed by atoms with Crippen LogP contribution in [0.1, 0.15) is 30.4 Å². The SMILES string of the molecule is N#Cc1c(F)cc(NC2CCN(C(=O)CC(N)Cc3cc(F)c(F)cc3F)CC2)cc1F. The second-order valence-corrected chi connectivity index (χ2v) is 7.75. The molecule has 10 heteroatoms. The van der Waals surface area contributed by atoms with E-state index in [0.717, 1.165) is 18.2 Å². The normalized spacial score (nSPS) is 15.3. The third-order valence-corrected chi connectivity index (χ3v) is 5.38. The largest absolute Gasteiger partial charge is 0.382 e. The van der Waals surface area contributed by atoms with E-state index in [-0.39, 0.29) is 36.0 Å². The molecule has 0 bridgehead atoms. The smallest absolute Gasteiger partial charge is 0.224 e. The lowest BCUT2D eigenvalue weighted by molar-refractivity contribution is -0.132. The highest BCUT2D eigenvalue weighted by Gasteiger charge is 2.25. The lowest BCUT2D eigenvalue weighted by Gasteiger charge is -2.33. The maximum absolute atomic E-state index is 13.8. The van der Waals surface area contributed by atoms with Gasteiger partial charge in [0.15, 0.2) is 11.6 Å². The van der Waals surface area contributed by atoms with Crippen LogP contribution < -0.4 is 11.1 Å². The van der Waals surface area contributed by atoms with Crippen LogP contribution in [0.2, 0.25) is 0 Å². The van der Waals surface area contributed by atoms with Crippen molar-refractivity contribution in [3.05, 3.63) is 64.5 Å². The molecule has 2 aromatic carbocycles. The van der Waals surface area contributed by atoms with Crippen molar-refractivity contribution < 1.29 is 26.7 Å². The van der Waals surface area contributed by atoms with E-state index < -0.39 is 40.7 Å². The van der Waals surface area contributed by atoms with Crippen molar-refractivity contribution in [2.24, 2.45) is 5.73 Å². The van der Waals surface area contributed by atoms with Gasteiger partial charge in [-0.05, 0) is 43.0 Å². The zero-order valence-electron chi connectivity index (χ0n) is 17.0. The van der Waals surface area contributed by atoms with Crippen LogP contribution in [0.15, 0.2) is 24.3 Å². The monoisotopic (exact) mass is 452 g/mol. The van der Waals surface area contributed by atoms with Crippen LogP contribution in [-0.2, 0) is 11.2 Å². The van der Waals surface area contributed by atoms with Gasteiger partial charge in [0.05, 0.1) is 0 Å². The number of benzene rings is 2. The van der Waals surface area contributed by atoms with Crippen molar-refractivity contribution in [1.82, 2.24) is 4.90 Å². The third-order valence-electron chi connectivity index (χ3n) is 5.38. The average molecular weight is 452 g/mol. The van der Waals surface area contributed by atoms with Crippen LogP contribution in [0.4, 0.5) is 27.6 Å². The van der Waals surface area contributed by atoms with E-state index in [1.165, 1.54) is 6.07 Å². The van der Waals surface area contributed by atoms with E-state index in [1.54, 1.807) is 4.90 Å². The molecule has 32 heavy (non-hydrogen) atoms. The fourth-order valence-corrected chi connectivity index (χ4v) is 3.70. The van der Waals surface area contributed by atoms with Gasteiger partial charge in [-0.3, -0.25) is 4.79 Å². The maximum atomic E-state index is 13.8. The molecule has 3 rings (SSSR count). The minimum atomic E-state index is -1.29. The highest BCUT2D eigenvalue weighted by atomic mass is 19.2. The van der Waals surface area contributed by atoms with Gasteiger partial charge in [-0.15, -0.1) is 0 Å². The molecule has 1 unspecified atom stereocenters. The Kier molecular flexibility index (Phi) is 7.30. The standard InChI is InChI=1S/C22H21F5N4O/c23-17-10-21(27)20(26)6-12(17)5-13(29)7-22(32)31-3-1-14(2-4-31)30-15-8-18(24)16(11-28)19(25)9-15/h6,8-10,13-14,30H,1-5,7,29H2. The van der Waals surface area contributed by atoms with Crippen molar-refractivity contribution in [2.75, 3.05) is 18.4 Å². The number of likely N-dealkylation sites (tertiary alicyclic amines) is 1. The quantitative estimate of drug-likeness (QED) is 0.518. The second-order valence-electron chi connectivity index (χ2n) is 7.75. The zero-order chi connectivity index (χ0) is 23.4. The Morgan fingerprint density at radius 1 is 1.03 bits per heavy atom. The van der Waals surface area contributed by atoms with Gasteiger partial charge in [-0.25, -0.2) is 22.0 Å². The number of rotatable bonds is 6.